The van der Waals surface area contributed by atoms with Gasteiger partial charge in [-0.1, -0.05) is 11.6 Å². The zero-order chi connectivity index (χ0) is 21.8. The van der Waals surface area contributed by atoms with Crippen LogP contribution < -0.4 is 10.1 Å². The average molecular weight is 439 g/mol. The van der Waals surface area contributed by atoms with Gasteiger partial charge < -0.3 is 19.5 Å². The van der Waals surface area contributed by atoms with Crippen LogP contribution in [0.3, 0.4) is 0 Å². The highest BCUT2D eigenvalue weighted by Gasteiger charge is 2.27. The minimum absolute atomic E-state index is 0.0124. The maximum absolute atomic E-state index is 13.2. The van der Waals surface area contributed by atoms with Crippen molar-refractivity contribution in [3.63, 3.8) is 0 Å². The number of nitrogens with one attached hydrogen (secondary N) is 1. The molecule has 4 rings (SSSR count). The van der Waals surface area contributed by atoms with Crippen molar-refractivity contribution in [1.82, 2.24) is 19.8 Å². The number of benzene rings is 1. The number of carbonyl (C=O) groups is 2. The van der Waals surface area contributed by atoms with Crippen molar-refractivity contribution in [3.05, 3.63) is 77.3 Å². The van der Waals surface area contributed by atoms with Crippen LogP contribution in [0.5, 0.6) is 5.75 Å². The number of hydrogen-bond donors (Lipinski definition) is 1. The molecule has 2 amide bonds. The summed E-state index contributed by atoms with van der Waals surface area (Å²) in [4.78, 5) is 31.2. The largest absolute Gasteiger partial charge is 0.496 e. The van der Waals surface area contributed by atoms with E-state index in [1.54, 1.807) is 48.7 Å². The van der Waals surface area contributed by atoms with Crippen LogP contribution in [0, 0.1) is 0 Å². The first kappa shape index (κ1) is 20.9. The number of hydrogen-bond acceptors (Lipinski definition) is 4. The van der Waals surface area contributed by atoms with Crippen molar-refractivity contribution in [2.45, 2.75) is 18.9 Å². The topological polar surface area (TPSA) is 76.5 Å². The molecule has 0 saturated carbocycles. The molecule has 8 heteroatoms. The van der Waals surface area contributed by atoms with Gasteiger partial charge in [0.05, 0.1) is 28.9 Å². The number of piperidine rings is 1. The molecule has 3 heterocycles. The van der Waals surface area contributed by atoms with Gasteiger partial charge in [0.15, 0.2) is 0 Å². The van der Waals surface area contributed by atoms with E-state index in [1.165, 1.54) is 0 Å². The average Bonchev–Trinajstić information content (AvgIpc) is 3.34. The Morgan fingerprint density at radius 2 is 1.90 bits per heavy atom. The molecule has 1 N–H and O–H groups in total. The number of rotatable bonds is 5. The van der Waals surface area contributed by atoms with Crippen LogP contribution in [0.1, 0.15) is 33.6 Å². The third-order valence-corrected chi connectivity index (χ3v) is 5.73. The van der Waals surface area contributed by atoms with Gasteiger partial charge in [-0.2, -0.15) is 0 Å². The third kappa shape index (κ3) is 4.56. The summed E-state index contributed by atoms with van der Waals surface area (Å²) in [5, 5.41) is 3.49. The highest BCUT2D eigenvalue weighted by atomic mass is 35.5. The van der Waals surface area contributed by atoms with Crippen molar-refractivity contribution >= 4 is 23.4 Å². The Kier molecular flexibility index (Phi) is 6.23. The monoisotopic (exact) mass is 438 g/mol. The lowest BCUT2D eigenvalue weighted by Crippen LogP contribution is -2.46. The second-order valence-electron chi connectivity index (χ2n) is 7.38. The van der Waals surface area contributed by atoms with E-state index in [1.807, 2.05) is 29.1 Å². The highest BCUT2D eigenvalue weighted by molar-refractivity contribution is 6.33. The molecule has 0 bridgehead atoms. The molecule has 0 radical (unpaired) electrons. The molecular formula is C23H23ClN4O3. The Morgan fingerprint density at radius 3 is 2.55 bits per heavy atom. The van der Waals surface area contributed by atoms with Crippen LogP contribution in [-0.2, 0) is 0 Å². The summed E-state index contributed by atoms with van der Waals surface area (Å²) in [6.45, 7) is 1.08. The van der Waals surface area contributed by atoms with E-state index in [4.69, 9.17) is 16.3 Å². The number of amides is 2. The summed E-state index contributed by atoms with van der Waals surface area (Å²) in [5.41, 5.74) is 1.71. The van der Waals surface area contributed by atoms with Crippen molar-refractivity contribution in [3.8, 4) is 11.4 Å². The summed E-state index contributed by atoms with van der Waals surface area (Å²) in [6, 6.07) is 10.7. The molecule has 31 heavy (non-hydrogen) atoms. The van der Waals surface area contributed by atoms with E-state index in [0.717, 1.165) is 5.69 Å². The number of nitrogens with zero attached hydrogens (tertiary/aromatic N) is 3. The maximum Gasteiger partial charge on any atom is 0.257 e. The smallest absolute Gasteiger partial charge is 0.257 e. The first-order valence-electron chi connectivity index (χ1n) is 10.1. The number of ether oxygens (including phenoxy) is 1. The molecule has 160 valence electrons. The zero-order valence-corrected chi connectivity index (χ0v) is 17.9. The molecule has 0 aliphatic carbocycles. The van der Waals surface area contributed by atoms with E-state index < -0.39 is 0 Å². The predicted molar refractivity (Wildman–Crippen MR) is 118 cm³/mol. The molecule has 1 fully saturated rings. The van der Waals surface area contributed by atoms with Crippen molar-refractivity contribution < 1.29 is 14.3 Å². The quantitative estimate of drug-likeness (QED) is 0.660. The van der Waals surface area contributed by atoms with Gasteiger partial charge in [-0.05, 0) is 43.2 Å². The van der Waals surface area contributed by atoms with Gasteiger partial charge in [-0.3, -0.25) is 14.6 Å². The summed E-state index contributed by atoms with van der Waals surface area (Å²) in [6.07, 6.45) is 8.29. The van der Waals surface area contributed by atoms with Crippen molar-refractivity contribution in [2.75, 3.05) is 20.2 Å². The van der Waals surface area contributed by atoms with Crippen molar-refractivity contribution in [1.29, 1.82) is 0 Å². The summed E-state index contributed by atoms with van der Waals surface area (Å²) < 4.78 is 7.36. The lowest BCUT2D eigenvalue weighted by molar-refractivity contribution is 0.0695. The first-order chi connectivity index (χ1) is 15.1. The van der Waals surface area contributed by atoms with Gasteiger partial charge in [0.2, 0.25) is 0 Å². The van der Waals surface area contributed by atoms with Crippen LogP contribution >= 0.6 is 11.6 Å². The van der Waals surface area contributed by atoms with Crippen LogP contribution in [0.15, 0.2) is 61.2 Å². The Labute approximate surface area is 185 Å². The minimum atomic E-state index is -0.146. The number of likely N-dealkylation sites (tertiary alicyclic amines) is 1. The lowest BCUT2D eigenvalue weighted by Gasteiger charge is -2.32. The number of pyridine rings is 1. The van der Waals surface area contributed by atoms with E-state index in [-0.39, 0.29) is 17.9 Å². The molecule has 0 atom stereocenters. The fraction of sp³-hybridized carbons (Fsp3) is 0.261. The van der Waals surface area contributed by atoms with Crippen LogP contribution in [-0.4, -0.2) is 52.5 Å². The number of halogens is 1. The molecule has 1 aliphatic heterocycles. The molecule has 0 unspecified atom stereocenters. The molecular weight excluding hydrogens is 416 g/mol. The van der Waals surface area contributed by atoms with Crippen LogP contribution in [0.4, 0.5) is 0 Å². The van der Waals surface area contributed by atoms with Crippen LogP contribution in [0.25, 0.3) is 5.69 Å². The van der Waals surface area contributed by atoms with Crippen LogP contribution in [0.2, 0.25) is 5.02 Å². The maximum atomic E-state index is 13.2. The van der Waals surface area contributed by atoms with E-state index in [2.05, 4.69) is 10.3 Å². The molecule has 3 aromatic rings. The van der Waals surface area contributed by atoms with Gasteiger partial charge in [0, 0.05) is 50.0 Å². The summed E-state index contributed by atoms with van der Waals surface area (Å²) >= 11 is 6.47. The second kappa shape index (κ2) is 9.22. The molecule has 0 spiro atoms. The first-order valence-corrected chi connectivity index (χ1v) is 10.5. The lowest BCUT2D eigenvalue weighted by atomic mass is 10.0. The molecule has 1 aromatic carbocycles. The zero-order valence-electron chi connectivity index (χ0n) is 17.1. The second-order valence-corrected chi connectivity index (χ2v) is 7.78. The molecule has 7 nitrogen and oxygen atoms in total. The SMILES string of the molecule is COc1cc(-n2cccc2)c(Cl)cc1C(=O)N1CCC(NC(=O)c2cccnc2)CC1. The fourth-order valence-electron chi connectivity index (χ4n) is 3.73. The van der Waals surface area contributed by atoms with Gasteiger partial charge in [-0.15, -0.1) is 0 Å². The van der Waals surface area contributed by atoms with Crippen molar-refractivity contribution in [2.24, 2.45) is 0 Å². The predicted octanol–water partition coefficient (Wildman–Crippen LogP) is 3.57. The third-order valence-electron chi connectivity index (χ3n) is 5.42. The van der Waals surface area contributed by atoms with Gasteiger partial charge in [0.1, 0.15) is 5.75 Å². The minimum Gasteiger partial charge on any atom is -0.496 e. The van der Waals surface area contributed by atoms with Gasteiger partial charge >= 0.3 is 0 Å². The Hall–Kier alpha value is -3.32. The molecule has 1 aliphatic rings. The summed E-state index contributed by atoms with van der Waals surface area (Å²) in [5.74, 6) is 0.201. The van der Waals surface area contributed by atoms with Gasteiger partial charge in [0.25, 0.3) is 11.8 Å². The Balaban J connectivity index is 1.43. The summed E-state index contributed by atoms with van der Waals surface area (Å²) in [7, 11) is 1.54. The standard InChI is InChI=1S/C23H23ClN4O3/c1-31-21-14-20(27-9-2-3-10-27)19(24)13-18(21)23(30)28-11-6-17(7-12-28)26-22(29)16-5-4-8-25-15-16/h2-5,8-10,13-15,17H,6-7,11-12H2,1H3,(H,26,29). The highest BCUT2D eigenvalue weighted by Crippen LogP contribution is 2.31. The number of methoxy groups -OCH3 is 1. The Bertz CT molecular complexity index is 1060. The normalized spacial score (nSPS) is 14.3. The van der Waals surface area contributed by atoms with E-state index in [9.17, 15) is 9.59 Å². The Morgan fingerprint density at radius 1 is 1.16 bits per heavy atom. The number of aromatic nitrogens is 2. The fourth-order valence-corrected chi connectivity index (χ4v) is 4.00. The van der Waals surface area contributed by atoms with E-state index in [0.29, 0.717) is 47.8 Å². The number of carbonyl (C=O) groups excluding carboxylic acids is 2. The molecule has 2 aromatic heterocycles. The van der Waals surface area contributed by atoms with E-state index >= 15 is 0 Å². The molecule has 1 saturated heterocycles. The van der Waals surface area contributed by atoms with Gasteiger partial charge in [-0.25, -0.2) is 0 Å².